The van der Waals surface area contributed by atoms with Gasteiger partial charge in [0.1, 0.15) is 5.82 Å². The molecule has 0 aromatic heterocycles. The largest absolute Gasteiger partial charge is 0.294 e. The number of rotatable bonds is 3. The van der Waals surface area contributed by atoms with Crippen molar-refractivity contribution in [2.24, 2.45) is 0 Å². The Hall–Kier alpha value is -1.96. The minimum absolute atomic E-state index is 0.0207. The van der Waals surface area contributed by atoms with Gasteiger partial charge in [-0.1, -0.05) is 29.3 Å². The molecular weight excluding hydrogens is 227 g/mol. The first-order valence-electron chi connectivity index (χ1n) is 5.90. The van der Waals surface area contributed by atoms with Gasteiger partial charge in [-0.3, -0.25) is 4.79 Å². The lowest BCUT2D eigenvalue weighted by molar-refractivity contribution is 0.0993. The molecular formula is C16H15FO. The van der Waals surface area contributed by atoms with E-state index in [9.17, 15) is 9.18 Å². The molecule has 0 amide bonds. The van der Waals surface area contributed by atoms with Crippen molar-refractivity contribution in [2.45, 2.75) is 20.3 Å². The molecule has 0 aliphatic carbocycles. The van der Waals surface area contributed by atoms with Crippen molar-refractivity contribution >= 4 is 5.78 Å². The molecule has 1 nitrogen and oxygen atoms in total. The fourth-order valence-electron chi connectivity index (χ4n) is 2.07. The van der Waals surface area contributed by atoms with Gasteiger partial charge in [-0.15, -0.1) is 0 Å². The van der Waals surface area contributed by atoms with E-state index >= 15 is 0 Å². The van der Waals surface area contributed by atoms with Gasteiger partial charge in [0, 0.05) is 12.0 Å². The van der Waals surface area contributed by atoms with E-state index in [1.807, 2.05) is 32.0 Å². The van der Waals surface area contributed by atoms with Gasteiger partial charge in [-0.05, 0) is 43.7 Å². The number of hydrogen-bond acceptors (Lipinski definition) is 1. The maximum atomic E-state index is 13.0. The standard InChI is InChI=1S/C16H15FO/c1-11-6-12(2)8-14(7-11)16(18)10-13-4-3-5-15(17)9-13/h3-9H,10H2,1-2H3. The van der Waals surface area contributed by atoms with Crippen LogP contribution in [0.2, 0.25) is 0 Å². The second-order valence-corrected chi connectivity index (χ2v) is 4.61. The van der Waals surface area contributed by atoms with Gasteiger partial charge in [0.2, 0.25) is 0 Å². The normalized spacial score (nSPS) is 10.4. The molecule has 0 saturated heterocycles. The molecule has 0 N–H and O–H groups in total. The second-order valence-electron chi connectivity index (χ2n) is 4.61. The molecule has 0 unspecified atom stereocenters. The van der Waals surface area contributed by atoms with E-state index in [0.717, 1.165) is 11.1 Å². The number of carbonyl (C=O) groups is 1. The quantitative estimate of drug-likeness (QED) is 0.747. The molecule has 92 valence electrons. The molecule has 0 aliphatic rings. The zero-order valence-electron chi connectivity index (χ0n) is 10.5. The molecule has 0 fully saturated rings. The SMILES string of the molecule is Cc1cc(C)cc(C(=O)Cc2cccc(F)c2)c1. The number of hydrogen-bond donors (Lipinski definition) is 0. The molecule has 2 rings (SSSR count). The van der Waals surface area contributed by atoms with Gasteiger partial charge in [0.25, 0.3) is 0 Å². The molecule has 0 aliphatic heterocycles. The molecule has 2 aromatic rings. The van der Waals surface area contributed by atoms with Gasteiger partial charge < -0.3 is 0 Å². The summed E-state index contributed by atoms with van der Waals surface area (Å²) >= 11 is 0. The number of aryl methyl sites for hydroxylation is 2. The molecule has 0 atom stereocenters. The topological polar surface area (TPSA) is 17.1 Å². The molecule has 0 heterocycles. The van der Waals surface area contributed by atoms with Gasteiger partial charge >= 0.3 is 0 Å². The maximum Gasteiger partial charge on any atom is 0.167 e. The number of ketones is 1. The summed E-state index contributed by atoms with van der Waals surface area (Å²) < 4.78 is 13.0. The van der Waals surface area contributed by atoms with E-state index in [2.05, 4.69) is 0 Å². The summed E-state index contributed by atoms with van der Waals surface area (Å²) in [6, 6.07) is 11.9. The zero-order valence-corrected chi connectivity index (χ0v) is 10.5. The van der Waals surface area contributed by atoms with Gasteiger partial charge in [-0.2, -0.15) is 0 Å². The third-order valence-corrected chi connectivity index (χ3v) is 2.80. The Bertz CT molecular complexity index is 567. The van der Waals surface area contributed by atoms with E-state index in [4.69, 9.17) is 0 Å². The van der Waals surface area contributed by atoms with Crippen LogP contribution in [0.1, 0.15) is 27.0 Å². The van der Waals surface area contributed by atoms with Crippen molar-refractivity contribution < 1.29 is 9.18 Å². The highest BCUT2D eigenvalue weighted by Crippen LogP contribution is 2.13. The van der Waals surface area contributed by atoms with E-state index in [1.165, 1.54) is 12.1 Å². The number of carbonyl (C=O) groups excluding carboxylic acids is 1. The third kappa shape index (κ3) is 3.04. The van der Waals surface area contributed by atoms with Crippen LogP contribution < -0.4 is 0 Å². The second kappa shape index (κ2) is 5.13. The lowest BCUT2D eigenvalue weighted by Crippen LogP contribution is -2.04. The Morgan fingerprint density at radius 1 is 1.06 bits per heavy atom. The maximum absolute atomic E-state index is 13.0. The fourth-order valence-corrected chi connectivity index (χ4v) is 2.07. The van der Waals surface area contributed by atoms with Crippen LogP contribution in [-0.2, 0) is 6.42 Å². The molecule has 18 heavy (non-hydrogen) atoms. The Labute approximate surface area is 106 Å². The lowest BCUT2D eigenvalue weighted by atomic mass is 9.99. The third-order valence-electron chi connectivity index (χ3n) is 2.80. The average Bonchev–Trinajstić information content (AvgIpc) is 2.27. The molecule has 0 radical (unpaired) electrons. The highest BCUT2D eigenvalue weighted by molar-refractivity contribution is 5.97. The van der Waals surface area contributed by atoms with Crippen LogP contribution in [-0.4, -0.2) is 5.78 Å². The first-order chi connectivity index (χ1) is 8.54. The van der Waals surface area contributed by atoms with Crippen LogP contribution >= 0.6 is 0 Å². The first kappa shape index (κ1) is 12.5. The molecule has 0 spiro atoms. The van der Waals surface area contributed by atoms with E-state index in [-0.39, 0.29) is 18.0 Å². The van der Waals surface area contributed by atoms with Crippen LogP contribution in [0.4, 0.5) is 4.39 Å². The first-order valence-corrected chi connectivity index (χ1v) is 5.90. The van der Waals surface area contributed by atoms with Crippen molar-refractivity contribution in [1.82, 2.24) is 0 Å². The van der Waals surface area contributed by atoms with Crippen molar-refractivity contribution in [3.8, 4) is 0 Å². The minimum atomic E-state index is -0.305. The number of Topliss-reactive ketones (excluding diaryl/α,β-unsaturated/α-hetero) is 1. The molecule has 0 bridgehead atoms. The Morgan fingerprint density at radius 2 is 1.72 bits per heavy atom. The smallest absolute Gasteiger partial charge is 0.167 e. The summed E-state index contributed by atoms with van der Waals surface area (Å²) in [5.74, 6) is -0.284. The summed E-state index contributed by atoms with van der Waals surface area (Å²) in [5, 5.41) is 0. The van der Waals surface area contributed by atoms with Crippen molar-refractivity contribution in [1.29, 1.82) is 0 Å². The van der Waals surface area contributed by atoms with Crippen LogP contribution in [0.5, 0.6) is 0 Å². The predicted octanol–water partition coefficient (Wildman–Crippen LogP) is 3.87. The summed E-state index contributed by atoms with van der Waals surface area (Å²) in [7, 11) is 0. The summed E-state index contributed by atoms with van der Waals surface area (Å²) in [5.41, 5.74) is 3.53. The van der Waals surface area contributed by atoms with E-state index in [1.54, 1.807) is 12.1 Å². The van der Waals surface area contributed by atoms with Crippen molar-refractivity contribution in [3.05, 3.63) is 70.5 Å². The van der Waals surface area contributed by atoms with E-state index in [0.29, 0.717) is 11.1 Å². The van der Waals surface area contributed by atoms with E-state index < -0.39 is 0 Å². The van der Waals surface area contributed by atoms with Crippen molar-refractivity contribution in [2.75, 3.05) is 0 Å². The summed E-state index contributed by atoms with van der Waals surface area (Å²) in [6.45, 7) is 3.93. The zero-order chi connectivity index (χ0) is 13.1. The minimum Gasteiger partial charge on any atom is -0.294 e. The Kier molecular flexibility index (Phi) is 3.56. The molecule has 2 heteroatoms. The fraction of sp³-hybridized carbons (Fsp3) is 0.188. The highest BCUT2D eigenvalue weighted by Gasteiger charge is 2.08. The molecule has 2 aromatic carbocycles. The Balaban J connectivity index is 2.22. The van der Waals surface area contributed by atoms with Gasteiger partial charge in [0.05, 0.1) is 0 Å². The monoisotopic (exact) mass is 242 g/mol. The van der Waals surface area contributed by atoms with Gasteiger partial charge in [0.15, 0.2) is 5.78 Å². The summed E-state index contributed by atoms with van der Waals surface area (Å²) in [6.07, 6.45) is 0.237. The van der Waals surface area contributed by atoms with Crippen LogP contribution in [0.15, 0.2) is 42.5 Å². The van der Waals surface area contributed by atoms with Crippen LogP contribution in [0.25, 0.3) is 0 Å². The highest BCUT2D eigenvalue weighted by atomic mass is 19.1. The lowest BCUT2D eigenvalue weighted by Gasteiger charge is -2.05. The number of benzene rings is 2. The van der Waals surface area contributed by atoms with Crippen molar-refractivity contribution in [3.63, 3.8) is 0 Å². The summed E-state index contributed by atoms with van der Waals surface area (Å²) in [4.78, 5) is 12.1. The van der Waals surface area contributed by atoms with Crippen LogP contribution in [0.3, 0.4) is 0 Å². The molecule has 0 saturated carbocycles. The average molecular weight is 242 g/mol. The Morgan fingerprint density at radius 3 is 2.33 bits per heavy atom. The van der Waals surface area contributed by atoms with Gasteiger partial charge in [-0.25, -0.2) is 4.39 Å². The number of halogens is 1. The van der Waals surface area contributed by atoms with Crippen LogP contribution in [0, 0.1) is 19.7 Å². The predicted molar refractivity (Wildman–Crippen MR) is 70.4 cm³/mol.